The molecule has 0 amide bonds. The van der Waals surface area contributed by atoms with Gasteiger partial charge in [-0.2, -0.15) is 5.10 Å². The standard InChI is InChI=1S/C16H16BN3O2.CH2O2/c1-9-3-5-12(17(21)22)8-14(9)11-4-6-13-15(7-11)10(2)19-20-16(13)18;2-1-3/h3-8,21-22H,1-2H3,(H2,18,20);1H,(H,2,3). The number of nitrogens with two attached hydrogens (primary N) is 1. The minimum atomic E-state index is -1.48. The minimum Gasteiger partial charge on any atom is -0.483 e. The molecule has 1 heterocycles. The predicted octanol–water partition coefficient (Wildman–Crippen LogP) is 0.876. The molecule has 0 aliphatic heterocycles. The lowest BCUT2D eigenvalue weighted by Crippen LogP contribution is -2.29. The quantitative estimate of drug-likeness (QED) is 0.403. The topological polar surface area (TPSA) is 130 Å². The maximum atomic E-state index is 9.36. The van der Waals surface area contributed by atoms with E-state index in [1.165, 1.54) is 0 Å². The molecule has 0 atom stereocenters. The highest BCUT2D eigenvalue weighted by molar-refractivity contribution is 6.58. The number of carbonyl (C=O) groups is 1. The summed E-state index contributed by atoms with van der Waals surface area (Å²) in [6.07, 6.45) is 0. The summed E-state index contributed by atoms with van der Waals surface area (Å²) >= 11 is 0. The van der Waals surface area contributed by atoms with Crippen LogP contribution in [-0.2, 0) is 4.79 Å². The molecule has 0 fully saturated rings. The lowest BCUT2D eigenvalue weighted by atomic mass is 9.78. The number of carboxylic acid groups (broad SMARTS) is 1. The summed E-state index contributed by atoms with van der Waals surface area (Å²) in [6, 6.07) is 11.2. The average Bonchev–Trinajstić information content (AvgIpc) is 2.59. The largest absolute Gasteiger partial charge is 0.488 e. The van der Waals surface area contributed by atoms with Gasteiger partial charge in [0.05, 0.1) is 5.69 Å². The second-order valence-electron chi connectivity index (χ2n) is 5.48. The fourth-order valence-corrected chi connectivity index (χ4v) is 2.58. The summed E-state index contributed by atoms with van der Waals surface area (Å²) < 4.78 is 0. The molecule has 3 rings (SSSR count). The number of hydrogen-bond donors (Lipinski definition) is 4. The molecule has 0 aliphatic carbocycles. The van der Waals surface area contributed by atoms with Gasteiger partial charge in [0.15, 0.2) is 5.82 Å². The van der Waals surface area contributed by atoms with Crippen molar-refractivity contribution in [1.29, 1.82) is 0 Å². The van der Waals surface area contributed by atoms with E-state index in [-0.39, 0.29) is 6.47 Å². The van der Waals surface area contributed by atoms with Crippen molar-refractivity contribution in [1.82, 2.24) is 10.2 Å². The molecule has 1 aromatic heterocycles. The van der Waals surface area contributed by atoms with E-state index in [4.69, 9.17) is 15.6 Å². The van der Waals surface area contributed by atoms with Gasteiger partial charge in [0.2, 0.25) is 0 Å². The molecule has 5 N–H and O–H groups in total. The van der Waals surface area contributed by atoms with Gasteiger partial charge in [-0.3, -0.25) is 4.79 Å². The van der Waals surface area contributed by atoms with Crippen LogP contribution in [0.25, 0.3) is 21.9 Å². The third kappa shape index (κ3) is 3.93. The summed E-state index contributed by atoms with van der Waals surface area (Å²) in [6.45, 7) is 3.62. The molecule has 7 nitrogen and oxygen atoms in total. The van der Waals surface area contributed by atoms with Crippen LogP contribution in [0.1, 0.15) is 11.3 Å². The fourth-order valence-electron chi connectivity index (χ4n) is 2.58. The highest BCUT2D eigenvalue weighted by Gasteiger charge is 2.14. The van der Waals surface area contributed by atoms with Crippen molar-refractivity contribution in [3.8, 4) is 11.1 Å². The van der Waals surface area contributed by atoms with E-state index in [1.807, 2.05) is 38.1 Å². The van der Waals surface area contributed by atoms with Gasteiger partial charge < -0.3 is 20.9 Å². The summed E-state index contributed by atoms with van der Waals surface area (Å²) in [5, 5.41) is 35.4. The van der Waals surface area contributed by atoms with Crippen LogP contribution < -0.4 is 11.2 Å². The van der Waals surface area contributed by atoms with E-state index in [0.717, 1.165) is 33.2 Å². The number of rotatable bonds is 2. The van der Waals surface area contributed by atoms with Gasteiger partial charge in [-0.25, -0.2) is 0 Å². The molecule has 0 saturated carbocycles. The first kappa shape index (κ1) is 18.4. The molecule has 128 valence electrons. The van der Waals surface area contributed by atoms with Gasteiger partial charge in [0.25, 0.3) is 6.47 Å². The molecule has 0 radical (unpaired) electrons. The highest BCUT2D eigenvalue weighted by atomic mass is 16.4. The van der Waals surface area contributed by atoms with Crippen LogP contribution in [0.2, 0.25) is 0 Å². The number of aryl methyl sites for hydroxylation is 2. The second kappa shape index (κ2) is 7.74. The fraction of sp³-hybridized carbons (Fsp3) is 0.118. The lowest BCUT2D eigenvalue weighted by Gasteiger charge is -2.11. The number of aromatic nitrogens is 2. The normalized spacial score (nSPS) is 10.1. The van der Waals surface area contributed by atoms with Crippen LogP contribution in [0.5, 0.6) is 0 Å². The Morgan fingerprint density at radius 1 is 1.04 bits per heavy atom. The zero-order valence-electron chi connectivity index (χ0n) is 13.8. The molecule has 0 saturated heterocycles. The first-order valence-electron chi connectivity index (χ1n) is 7.46. The van der Waals surface area contributed by atoms with Crippen molar-refractivity contribution in [2.45, 2.75) is 13.8 Å². The zero-order chi connectivity index (χ0) is 18.6. The number of nitrogen functional groups attached to an aromatic ring is 1. The van der Waals surface area contributed by atoms with Crippen molar-refractivity contribution < 1.29 is 19.9 Å². The van der Waals surface area contributed by atoms with E-state index in [1.54, 1.807) is 12.1 Å². The molecule has 0 aliphatic rings. The van der Waals surface area contributed by atoms with Gasteiger partial charge in [-0.05, 0) is 48.1 Å². The van der Waals surface area contributed by atoms with Crippen LogP contribution in [0, 0.1) is 13.8 Å². The number of hydrogen-bond acceptors (Lipinski definition) is 6. The van der Waals surface area contributed by atoms with Crippen LogP contribution >= 0.6 is 0 Å². The van der Waals surface area contributed by atoms with E-state index in [9.17, 15) is 10.0 Å². The van der Waals surface area contributed by atoms with Gasteiger partial charge in [-0.15, -0.1) is 5.10 Å². The Morgan fingerprint density at radius 3 is 2.36 bits per heavy atom. The van der Waals surface area contributed by atoms with Crippen LogP contribution in [0.3, 0.4) is 0 Å². The van der Waals surface area contributed by atoms with Gasteiger partial charge in [-0.1, -0.05) is 24.3 Å². The molecular weight excluding hydrogens is 321 g/mol. The molecule has 2 aromatic carbocycles. The van der Waals surface area contributed by atoms with Crippen LogP contribution in [0.4, 0.5) is 5.82 Å². The number of benzene rings is 2. The summed E-state index contributed by atoms with van der Waals surface area (Å²) in [5.74, 6) is 0.406. The van der Waals surface area contributed by atoms with Crippen molar-refractivity contribution in [2.75, 3.05) is 5.73 Å². The second-order valence-corrected chi connectivity index (χ2v) is 5.48. The first-order chi connectivity index (χ1) is 11.9. The zero-order valence-corrected chi connectivity index (χ0v) is 13.8. The van der Waals surface area contributed by atoms with Gasteiger partial charge in [0, 0.05) is 10.8 Å². The van der Waals surface area contributed by atoms with E-state index in [2.05, 4.69) is 10.2 Å². The molecule has 8 heteroatoms. The van der Waals surface area contributed by atoms with Crippen LogP contribution in [-0.4, -0.2) is 38.9 Å². The molecule has 0 bridgehead atoms. The Morgan fingerprint density at radius 2 is 1.72 bits per heavy atom. The average molecular weight is 339 g/mol. The van der Waals surface area contributed by atoms with Crippen molar-refractivity contribution in [3.05, 3.63) is 47.7 Å². The molecule has 0 spiro atoms. The monoisotopic (exact) mass is 339 g/mol. The Labute approximate surface area is 144 Å². The predicted molar refractivity (Wildman–Crippen MR) is 97.4 cm³/mol. The Hall–Kier alpha value is -2.97. The van der Waals surface area contributed by atoms with Crippen molar-refractivity contribution in [3.63, 3.8) is 0 Å². The SMILES string of the molecule is Cc1ccc(B(O)O)cc1-c1ccc2c(N)nnc(C)c2c1.O=CO. The lowest BCUT2D eigenvalue weighted by molar-refractivity contribution is -0.122. The minimum absolute atomic E-state index is 0.250. The number of nitrogens with zero attached hydrogens (tertiary/aromatic N) is 2. The van der Waals surface area contributed by atoms with E-state index in [0.29, 0.717) is 11.3 Å². The smallest absolute Gasteiger partial charge is 0.483 e. The van der Waals surface area contributed by atoms with Gasteiger partial charge in [0.1, 0.15) is 0 Å². The maximum Gasteiger partial charge on any atom is 0.488 e. The Kier molecular flexibility index (Phi) is 5.69. The molecule has 25 heavy (non-hydrogen) atoms. The first-order valence-corrected chi connectivity index (χ1v) is 7.46. The summed E-state index contributed by atoms with van der Waals surface area (Å²) in [7, 11) is -1.48. The Bertz CT molecular complexity index is 916. The molecule has 3 aromatic rings. The number of fused-ring (bicyclic) bond motifs is 1. The summed E-state index contributed by atoms with van der Waals surface area (Å²) in [5.41, 5.74) is 10.1. The molecular formula is C17H18BN3O4. The number of anilines is 1. The van der Waals surface area contributed by atoms with Crippen molar-refractivity contribution >= 4 is 35.6 Å². The van der Waals surface area contributed by atoms with Gasteiger partial charge >= 0.3 is 7.12 Å². The highest BCUT2D eigenvalue weighted by Crippen LogP contribution is 2.29. The summed E-state index contributed by atoms with van der Waals surface area (Å²) in [4.78, 5) is 8.36. The maximum absolute atomic E-state index is 9.36. The third-order valence-corrected chi connectivity index (χ3v) is 3.86. The van der Waals surface area contributed by atoms with Crippen LogP contribution in [0.15, 0.2) is 36.4 Å². The van der Waals surface area contributed by atoms with E-state index < -0.39 is 7.12 Å². The molecule has 0 unspecified atom stereocenters. The Balaban J connectivity index is 0.000000701. The van der Waals surface area contributed by atoms with E-state index >= 15 is 0 Å². The third-order valence-electron chi connectivity index (χ3n) is 3.86. The van der Waals surface area contributed by atoms with Crippen molar-refractivity contribution in [2.24, 2.45) is 0 Å².